The summed E-state index contributed by atoms with van der Waals surface area (Å²) in [6, 6.07) is 21.1. The number of thiazole rings is 1. The highest BCUT2D eigenvalue weighted by Gasteiger charge is 2.15. The van der Waals surface area contributed by atoms with Crippen molar-refractivity contribution in [2.45, 2.75) is 6.54 Å². The number of nitrogens with zero attached hydrogens (tertiary/aromatic N) is 2. The Morgan fingerprint density at radius 2 is 1.59 bits per heavy atom. The number of pyridine rings is 1. The van der Waals surface area contributed by atoms with Gasteiger partial charge >= 0.3 is 6.16 Å². The van der Waals surface area contributed by atoms with Gasteiger partial charge in [-0.25, -0.2) is 9.78 Å². The van der Waals surface area contributed by atoms with Crippen LogP contribution in [0.25, 0.3) is 33.0 Å². The van der Waals surface area contributed by atoms with E-state index in [1.165, 1.54) is 11.3 Å². The van der Waals surface area contributed by atoms with Crippen LogP contribution in [0.5, 0.6) is 5.75 Å². The molecule has 10 heteroatoms. The summed E-state index contributed by atoms with van der Waals surface area (Å²) in [4.78, 5) is 32.7. The van der Waals surface area contributed by atoms with E-state index in [2.05, 4.69) is 15.3 Å². The monoisotopic (exact) mass is 575 g/mol. The Labute approximate surface area is 237 Å². The smallest absolute Gasteiger partial charge is 0.449 e. The number of benzene rings is 3. The highest BCUT2D eigenvalue weighted by atomic mass is 35.5. The van der Waals surface area contributed by atoms with Gasteiger partial charge in [0.25, 0.3) is 5.91 Å². The van der Waals surface area contributed by atoms with E-state index >= 15 is 0 Å². The van der Waals surface area contributed by atoms with E-state index in [1.807, 2.05) is 29.6 Å². The summed E-state index contributed by atoms with van der Waals surface area (Å²) in [7, 11) is 0. The van der Waals surface area contributed by atoms with Gasteiger partial charge in [0.05, 0.1) is 15.7 Å². The van der Waals surface area contributed by atoms with Crippen LogP contribution in [0, 0.1) is 0 Å². The first-order valence-corrected chi connectivity index (χ1v) is 13.2. The third-order valence-corrected chi connectivity index (χ3v) is 7.44. The van der Waals surface area contributed by atoms with Gasteiger partial charge in [-0.15, -0.1) is 11.3 Å². The standard InChI is InChI=1S/C29H19Cl2N3O4S/c30-23-8-6-20(13-24(23)31)25-16-39-28(34-25)21-5-7-22(26(14-21)38-29(36)37)18-1-3-19(4-2-18)27(35)33-15-17-9-11-32-12-10-17/h1-14,16H,15H2,(H,33,35)(H,36,37). The van der Waals surface area contributed by atoms with E-state index in [0.29, 0.717) is 43.9 Å². The molecule has 39 heavy (non-hydrogen) atoms. The fourth-order valence-corrected chi connectivity index (χ4v) is 4.98. The molecule has 0 saturated heterocycles. The molecule has 0 unspecified atom stereocenters. The zero-order valence-corrected chi connectivity index (χ0v) is 22.4. The SMILES string of the molecule is O=C(O)Oc1cc(-c2nc(-c3ccc(Cl)c(Cl)c3)cs2)ccc1-c1ccc(C(=O)NCc2ccncc2)cc1. The lowest BCUT2D eigenvalue weighted by molar-refractivity contribution is 0.0950. The minimum Gasteiger partial charge on any atom is -0.449 e. The molecule has 2 heterocycles. The maximum atomic E-state index is 12.6. The molecular formula is C29H19Cl2N3O4S. The summed E-state index contributed by atoms with van der Waals surface area (Å²) >= 11 is 13.6. The van der Waals surface area contributed by atoms with Crippen molar-refractivity contribution in [2.75, 3.05) is 0 Å². The normalized spacial score (nSPS) is 10.7. The Morgan fingerprint density at radius 1 is 0.872 bits per heavy atom. The van der Waals surface area contributed by atoms with Crippen molar-refractivity contribution in [2.24, 2.45) is 0 Å². The van der Waals surface area contributed by atoms with Gasteiger partial charge in [-0.1, -0.05) is 47.5 Å². The van der Waals surface area contributed by atoms with Crippen LogP contribution in [0.4, 0.5) is 4.79 Å². The first-order valence-electron chi connectivity index (χ1n) is 11.6. The summed E-state index contributed by atoms with van der Waals surface area (Å²) in [6.45, 7) is 0.380. The number of carbonyl (C=O) groups excluding carboxylic acids is 1. The Kier molecular flexibility index (Phi) is 7.88. The Balaban J connectivity index is 1.38. The number of nitrogens with one attached hydrogen (secondary N) is 1. The zero-order valence-electron chi connectivity index (χ0n) is 20.1. The third-order valence-electron chi connectivity index (χ3n) is 5.81. The first kappa shape index (κ1) is 26.4. The fraction of sp³-hybridized carbons (Fsp3) is 0.0345. The third kappa shape index (κ3) is 6.26. The maximum Gasteiger partial charge on any atom is 0.511 e. The molecule has 7 nitrogen and oxygen atoms in total. The molecule has 0 saturated carbocycles. The molecule has 0 radical (unpaired) electrons. The fourth-order valence-electron chi connectivity index (χ4n) is 3.85. The number of amides is 1. The number of aromatic nitrogens is 2. The molecule has 0 aliphatic rings. The summed E-state index contributed by atoms with van der Waals surface area (Å²) in [5, 5.41) is 15.7. The largest absolute Gasteiger partial charge is 0.511 e. The number of ether oxygens (including phenoxy) is 1. The highest BCUT2D eigenvalue weighted by molar-refractivity contribution is 7.13. The minimum absolute atomic E-state index is 0.154. The molecule has 0 fully saturated rings. The molecule has 1 amide bonds. The number of rotatable bonds is 7. The van der Waals surface area contributed by atoms with Gasteiger partial charge < -0.3 is 15.2 Å². The van der Waals surface area contributed by atoms with Crippen molar-refractivity contribution in [3.63, 3.8) is 0 Å². The molecule has 0 aliphatic carbocycles. The average molecular weight is 576 g/mol. The van der Waals surface area contributed by atoms with Crippen molar-refractivity contribution < 1.29 is 19.4 Å². The van der Waals surface area contributed by atoms with Gasteiger partial charge in [0.1, 0.15) is 10.8 Å². The van der Waals surface area contributed by atoms with Crippen molar-refractivity contribution in [1.29, 1.82) is 0 Å². The molecule has 2 N–H and O–H groups in total. The van der Waals surface area contributed by atoms with Crippen LogP contribution in [0.2, 0.25) is 10.0 Å². The van der Waals surface area contributed by atoms with E-state index in [1.54, 1.807) is 60.9 Å². The molecule has 3 aromatic carbocycles. The van der Waals surface area contributed by atoms with Crippen LogP contribution >= 0.6 is 34.5 Å². The van der Waals surface area contributed by atoms with Crippen LogP contribution in [0.3, 0.4) is 0 Å². The Hall–Kier alpha value is -4.24. The van der Waals surface area contributed by atoms with Crippen molar-refractivity contribution in [1.82, 2.24) is 15.3 Å². The van der Waals surface area contributed by atoms with E-state index in [9.17, 15) is 14.7 Å². The Morgan fingerprint density at radius 3 is 2.31 bits per heavy atom. The minimum atomic E-state index is -1.43. The number of halogens is 2. The average Bonchev–Trinajstić information content (AvgIpc) is 3.44. The second kappa shape index (κ2) is 11.7. The van der Waals surface area contributed by atoms with Gasteiger partial charge in [0.15, 0.2) is 0 Å². The van der Waals surface area contributed by atoms with Gasteiger partial charge in [-0.3, -0.25) is 9.78 Å². The summed E-state index contributed by atoms with van der Waals surface area (Å²) in [5.41, 5.74) is 4.90. The summed E-state index contributed by atoms with van der Waals surface area (Å²) in [5.74, 6) is -0.0709. The van der Waals surface area contributed by atoms with Crippen molar-refractivity contribution in [3.05, 3.63) is 112 Å². The molecular weight excluding hydrogens is 557 g/mol. The van der Waals surface area contributed by atoms with Gasteiger partial charge in [-0.05, 0) is 59.7 Å². The van der Waals surface area contributed by atoms with E-state index in [0.717, 1.165) is 16.8 Å². The molecule has 5 rings (SSSR count). The lowest BCUT2D eigenvalue weighted by atomic mass is 10.0. The predicted octanol–water partition coefficient (Wildman–Crippen LogP) is 7.83. The van der Waals surface area contributed by atoms with Crippen LogP contribution < -0.4 is 10.1 Å². The van der Waals surface area contributed by atoms with Gasteiger partial charge in [0.2, 0.25) is 0 Å². The summed E-state index contributed by atoms with van der Waals surface area (Å²) in [6.07, 6.45) is 1.90. The predicted molar refractivity (Wildman–Crippen MR) is 153 cm³/mol. The second-order valence-corrected chi connectivity index (χ2v) is 10.0. The lowest BCUT2D eigenvalue weighted by Gasteiger charge is -2.11. The van der Waals surface area contributed by atoms with Crippen LogP contribution in [0.15, 0.2) is 90.6 Å². The van der Waals surface area contributed by atoms with Crippen LogP contribution in [-0.4, -0.2) is 27.1 Å². The first-order chi connectivity index (χ1) is 18.9. The maximum absolute atomic E-state index is 12.6. The van der Waals surface area contributed by atoms with Gasteiger partial charge in [0, 0.05) is 46.6 Å². The van der Waals surface area contributed by atoms with E-state index in [4.69, 9.17) is 27.9 Å². The molecule has 0 bridgehead atoms. The van der Waals surface area contributed by atoms with Crippen LogP contribution in [-0.2, 0) is 6.54 Å². The van der Waals surface area contributed by atoms with Crippen LogP contribution in [0.1, 0.15) is 15.9 Å². The molecule has 0 spiro atoms. The topological polar surface area (TPSA) is 101 Å². The van der Waals surface area contributed by atoms with E-state index in [-0.39, 0.29) is 11.7 Å². The molecule has 5 aromatic rings. The molecule has 194 valence electrons. The number of hydrogen-bond acceptors (Lipinski definition) is 6. The van der Waals surface area contributed by atoms with Crippen molar-refractivity contribution in [3.8, 4) is 38.7 Å². The highest BCUT2D eigenvalue weighted by Crippen LogP contribution is 2.37. The lowest BCUT2D eigenvalue weighted by Crippen LogP contribution is -2.22. The number of hydrogen-bond donors (Lipinski definition) is 2. The van der Waals surface area contributed by atoms with E-state index < -0.39 is 6.16 Å². The van der Waals surface area contributed by atoms with Crippen molar-refractivity contribution >= 4 is 46.6 Å². The number of carboxylic acid groups (broad SMARTS) is 1. The number of carbonyl (C=O) groups is 2. The second-order valence-electron chi connectivity index (χ2n) is 8.36. The zero-order chi connectivity index (χ0) is 27.4. The summed E-state index contributed by atoms with van der Waals surface area (Å²) < 4.78 is 5.12. The van der Waals surface area contributed by atoms with Gasteiger partial charge in [-0.2, -0.15) is 0 Å². The molecule has 2 aromatic heterocycles. The Bertz CT molecular complexity index is 1660. The quantitative estimate of drug-likeness (QED) is 0.151. The molecule has 0 aliphatic heterocycles. The molecule has 0 atom stereocenters.